The van der Waals surface area contributed by atoms with Crippen LogP contribution < -0.4 is 10.0 Å². The molecule has 0 fully saturated rings. The summed E-state index contributed by atoms with van der Waals surface area (Å²) in [5, 5.41) is 30.3. The number of sulfonamides is 1. The molecular formula is C24H23N3O9S3. The van der Waals surface area contributed by atoms with Crippen LogP contribution in [0.25, 0.3) is 0 Å². The highest BCUT2D eigenvalue weighted by Gasteiger charge is 2.25. The largest absolute Gasteiger partial charge is 0.507 e. The van der Waals surface area contributed by atoms with Crippen molar-refractivity contribution in [3.05, 3.63) is 75.7 Å². The normalized spacial score (nSPS) is 12.0. The summed E-state index contributed by atoms with van der Waals surface area (Å²) in [5.74, 6) is -4.01. The number of thioether (sulfide) groups is 1. The average Bonchev–Trinajstić information content (AvgIpc) is 3.37. The van der Waals surface area contributed by atoms with Crippen molar-refractivity contribution < 1.29 is 42.9 Å². The maximum atomic E-state index is 12.7. The summed E-state index contributed by atoms with van der Waals surface area (Å²) in [5.41, 5.74) is 0.317. The van der Waals surface area contributed by atoms with Gasteiger partial charge < -0.3 is 20.6 Å². The van der Waals surface area contributed by atoms with Crippen LogP contribution in [0.4, 0.5) is 0 Å². The van der Waals surface area contributed by atoms with Crippen molar-refractivity contribution in [2.75, 3.05) is 5.75 Å². The Labute approximate surface area is 231 Å². The molecule has 206 valence electrons. The molecule has 1 amide bonds. The lowest BCUT2D eigenvalue weighted by Crippen LogP contribution is -2.43. The number of aromatic nitrogens is 1. The molecule has 0 saturated carbocycles. The molecule has 0 unspecified atom stereocenters. The first kappa shape index (κ1) is 29.8. The molecule has 3 aromatic rings. The third-order valence-corrected chi connectivity index (χ3v) is 8.65. The third-order valence-electron chi connectivity index (χ3n) is 5.14. The molecule has 3 rings (SSSR count). The first-order valence-electron chi connectivity index (χ1n) is 11.1. The van der Waals surface area contributed by atoms with Gasteiger partial charge in [0.15, 0.2) is 5.78 Å². The molecule has 1 aromatic carbocycles. The summed E-state index contributed by atoms with van der Waals surface area (Å²) < 4.78 is 27.4. The van der Waals surface area contributed by atoms with Crippen molar-refractivity contribution in [3.63, 3.8) is 0 Å². The van der Waals surface area contributed by atoms with Crippen LogP contribution in [0.3, 0.4) is 0 Å². The minimum absolute atomic E-state index is 0.0224. The number of amides is 1. The number of aromatic carboxylic acids is 1. The summed E-state index contributed by atoms with van der Waals surface area (Å²) in [4.78, 5) is 52.0. The monoisotopic (exact) mass is 593 g/mol. The molecule has 15 heteroatoms. The number of nitrogens with one attached hydrogen (secondary N) is 2. The zero-order valence-electron chi connectivity index (χ0n) is 20.1. The first-order valence-corrected chi connectivity index (χ1v) is 14.6. The predicted molar refractivity (Wildman–Crippen MR) is 142 cm³/mol. The maximum Gasteiger partial charge on any atom is 0.339 e. The predicted octanol–water partition coefficient (Wildman–Crippen LogP) is 2.10. The van der Waals surface area contributed by atoms with Crippen molar-refractivity contribution in [2.24, 2.45) is 0 Å². The van der Waals surface area contributed by atoms with Crippen molar-refractivity contribution in [1.82, 2.24) is 15.0 Å². The van der Waals surface area contributed by atoms with Crippen LogP contribution >= 0.6 is 23.1 Å². The summed E-state index contributed by atoms with van der Waals surface area (Å²) in [7, 11) is -4.15. The number of carboxylic acids is 2. The van der Waals surface area contributed by atoms with E-state index in [0.29, 0.717) is 10.6 Å². The second kappa shape index (κ2) is 13.3. The van der Waals surface area contributed by atoms with Gasteiger partial charge in [-0.3, -0.25) is 19.4 Å². The van der Waals surface area contributed by atoms with E-state index in [1.807, 2.05) is 6.07 Å². The molecule has 12 nitrogen and oxygen atoms in total. The number of pyridine rings is 1. The number of thiophene rings is 1. The van der Waals surface area contributed by atoms with Crippen LogP contribution in [0.15, 0.2) is 59.8 Å². The molecule has 1 atom stereocenters. The topological polar surface area (TPSA) is 200 Å². The lowest BCUT2D eigenvalue weighted by Gasteiger charge is -2.15. The van der Waals surface area contributed by atoms with E-state index < -0.39 is 57.4 Å². The SMILES string of the molecule is O=C(O)C[C@H](NC(=O)c1ccc(CNS(=O)(=O)c2ccc(O)c(C(=O)O)c2)s1)C(=O)CSCc1cccnc1. The number of carbonyl (C=O) groups excluding carboxylic acids is 2. The van der Waals surface area contributed by atoms with E-state index in [1.54, 1.807) is 18.5 Å². The number of carbonyl (C=O) groups is 4. The highest BCUT2D eigenvalue weighted by atomic mass is 32.2. The highest BCUT2D eigenvalue weighted by Crippen LogP contribution is 2.22. The van der Waals surface area contributed by atoms with Gasteiger partial charge in [0.05, 0.1) is 28.0 Å². The fraction of sp³-hybridized carbons (Fsp3) is 0.208. The molecule has 5 N–H and O–H groups in total. The van der Waals surface area contributed by atoms with Gasteiger partial charge >= 0.3 is 11.9 Å². The molecule has 0 bridgehead atoms. The van der Waals surface area contributed by atoms with Gasteiger partial charge in [-0.25, -0.2) is 17.9 Å². The molecule has 0 spiro atoms. The molecule has 0 radical (unpaired) electrons. The number of hydrogen-bond donors (Lipinski definition) is 5. The van der Waals surface area contributed by atoms with E-state index in [2.05, 4.69) is 15.0 Å². The number of ketones is 1. The van der Waals surface area contributed by atoms with E-state index in [9.17, 15) is 37.8 Å². The van der Waals surface area contributed by atoms with Gasteiger partial charge in [0.2, 0.25) is 10.0 Å². The molecule has 0 aliphatic heterocycles. The van der Waals surface area contributed by atoms with Crippen molar-refractivity contribution in [1.29, 1.82) is 0 Å². The molecule has 2 aromatic heterocycles. The van der Waals surface area contributed by atoms with E-state index in [0.717, 1.165) is 35.1 Å². The van der Waals surface area contributed by atoms with Gasteiger partial charge in [0.25, 0.3) is 5.91 Å². The van der Waals surface area contributed by atoms with Crippen LogP contribution in [-0.4, -0.2) is 64.1 Å². The number of benzene rings is 1. The quantitative estimate of drug-likeness (QED) is 0.183. The fourth-order valence-corrected chi connectivity index (χ4v) is 6.09. The van der Waals surface area contributed by atoms with Gasteiger partial charge in [-0.2, -0.15) is 0 Å². The van der Waals surface area contributed by atoms with Gasteiger partial charge in [-0.05, 0) is 42.0 Å². The number of hydrogen-bond acceptors (Lipinski definition) is 10. The number of aromatic hydroxyl groups is 1. The van der Waals surface area contributed by atoms with E-state index in [1.165, 1.54) is 23.9 Å². The molecule has 0 aliphatic carbocycles. The smallest absolute Gasteiger partial charge is 0.339 e. The highest BCUT2D eigenvalue weighted by molar-refractivity contribution is 7.99. The van der Waals surface area contributed by atoms with Gasteiger partial charge in [0, 0.05) is 29.6 Å². The van der Waals surface area contributed by atoms with Crippen molar-refractivity contribution in [2.45, 2.75) is 29.7 Å². The zero-order chi connectivity index (χ0) is 28.6. The molecule has 2 heterocycles. The third kappa shape index (κ3) is 8.61. The Morgan fingerprint density at radius 2 is 1.85 bits per heavy atom. The van der Waals surface area contributed by atoms with Crippen LogP contribution in [0, 0.1) is 0 Å². The number of Topliss-reactive ketones (excluding diaryl/α,β-unsaturated/α-hetero) is 1. The van der Waals surface area contributed by atoms with Crippen LogP contribution in [0.5, 0.6) is 5.75 Å². The Kier molecular flexibility index (Phi) is 10.2. The summed E-state index contributed by atoms with van der Waals surface area (Å²) in [6, 6.07) is 8.07. The minimum Gasteiger partial charge on any atom is -0.507 e. The second-order valence-electron chi connectivity index (χ2n) is 8.02. The number of nitrogens with zero attached hydrogens (tertiary/aromatic N) is 1. The van der Waals surface area contributed by atoms with Crippen LogP contribution in [0.1, 0.15) is 36.9 Å². The van der Waals surface area contributed by atoms with Gasteiger partial charge in [-0.1, -0.05) is 6.07 Å². The molecule has 0 saturated heterocycles. The standard InChI is InChI=1S/C24H23N3O9S3/c28-19-5-4-16(8-17(19)24(33)34)39(35,36)26-11-15-3-6-21(38-15)23(32)27-18(9-22(30)31)20(29)13-37-12-14-2-1-7-25-10-14/h1-8,10,18,26,28H,9,11-13H2,(H,27,32)(H,30,31)(H,33,34)/t18-/m0/s1. The molecule has 39 heavy (non-hydrogen) atoms. The van der Waals surface area contributed by atoms with E-state index in [4.69, 9.17) is 5.11 Å². The van der Waals surface area contributed by atoms with E-state index >= 15 is 0 Å². The van der Waals surface area contributed by atoms with Crippen LogP contribution in [-0.2, 0) is 31.9 Å². The van der Waals surface area contributed by atoms with E-state index in [-0.39, 0.29) is 22.1 Å². The van der Waals surface area contributed by atoms with Gasteiger partial charge in [-0.15, -0.1) is 23.1 Å². The second-order valence-corrected chi connectivity index (χ2v) is 11.9. The lowest BCUT2D eigenvalue weighted by atomic mass is 10.1. The summed E-state index contributed by atoms with van der Waals surface area (Å²) in [6.07, 6.45) is 2.68. The van der Waals surface area contributed by atoms with Gasteiger partial charge in [0.1, 0.15) is 11.3 Å². The Morgan fingerprint density at radius 3 is 2.51 bits per heavy atom. The average molecular weight is 594 g/mol. The first-order chi connectivity index (χ1) is 18.5. The van der Waals surface area contributed by atoms with Crippen LogP contribution in [0.2, 0.25) is 0 Å². The Balaban J connectivity index is 1.60. The Hall–Kier alpha value is -3.79. The van der Waals surface area contributed by atoms with Crippen molar-refractivity contribution >= 4 is 56.8 Å². The maximum absolute atomic E-state index is 12.7. The summed E-state index contributed by atoms with van der Waals surface area (Å²) >= 11 is 2.20. The Bertz CT molecular complexity index is 1470. The molecular weight excluding hydrogens is 570 g/mol. The zero-order valence-corrected chi connectivity index (χ0v) is 22.5. The number of aliphatic carboxylic acids is 1. The lowest BCUT2D eigenvalue weighted by molar-refractivity contribution is -0.139. The fourth-order valence-electron chi connectivity index (χ4n) is 3.20. The summed E-state index contributed by atoms with van der Waals surface area (Å²) in [6.45, 7) is -0.230. The number of rotatable bonds is 14. The minimum atomic E-state index is -4.15. The Morgan fingerprint density at radius 1 is 1.08 bits per heavy atom. The molecule has 0 aliphatic rings. The van der Waals surface area contributed by atoms with Crippen molar-refractivity contribution in [3.8, 4) is 5.75 Å². The number of phenols is 1. The number of carboxylic acid groups (broad SMARTS) is 2.